The highest BCUT2D eigenvalue weighted by Crippen LogP contribution is 2.17. The van der Waals surface area contributed by atoms with E-state index >= 15 is 0 Å². The number of carboxylic acids is 1. The van der Waals surface area contributed by atoms with Crippen LogP contribution in [0.1, 0.15) is 36.0 Å². The summed E-state index contributed by atoms with van der Waals surface area (Å²) in [5.41, 5.74) is 0.197. The first-order valence-electron chi connectivity index (χ1n) is 6.40. The molecule has 2 N–H and O–H groups in total. The molecule has 1 fully saturated rings. The summed E-state index contributed by atoms with van der Waals surface area (Å²) >= 11 is 0. The van der Waals surface area contributed by atoms with Crippen molar-refractivity contribution in [3.63, 3.8) is 0 Å². The molecule has 0 aromatic heterocycles. The van der Waals surface area contributed by atoms with Gasteiger partial charge in [0.25, 0.3) is 5.91 Å². The molecule has 0 radical (unpaired) electrons. The van der Waals surface area contributed by atoms with E-state index in [1.165, 1.54) is 25.0 Å². The number of hydrogen-bond donors (Lipinski definition) is 2. The molecular weight excluding hydrogens is 246 g/mol. The van der Waals surface area contributed by atoms with E-state index in [4.69, 9.17) is 9.84 Å². The Morgan fingerprint density at radius 1 is 1.21 bits per heavy atom. The van der Waals surface area contributed by atoms with Crippen molar-refractivity contribution in [2.45, 2.75) is 31.7 Å². The molecule has 5 nitrogen and oxygen atoms in total. The molecule has 0 saturated heterocycles. The van der Waals surface area contributed by atoms with Crippen molar-refractivity contribution in [3.05, 3.63) is 29.8 Å². The Bertz CT molecular complexity index is 449. The molecule has 0 unspecified atom stereocenters. The highest BCUT2D eigenvalue weighted by Gasteiger charge is 2.17. The van der Waals surface area contributed by atoms with Crippen LogP contribution in [0.3, 0.4) is 0 Å². The van der Waals surface area contributed by atoms with Gasteiger partial charge in [-0.3, -0.25) is 4.79 Å². The summed E-state index contributed by atoms with van der Waals surface area (Å²) in [6.45, 7) is -0.0388. The smallest absolute Gasteiger partial charge is 0.335 e. The Kier molecular flexibility index (Phi) is 4.39. The molecule has 19 heavy (non-hydrogen) atoms. The van der Waals surface area contributed by atoms with E-state index in [9.17, 15) is 9.59 Å². The molecule has 0 heterocycles. The third kappa shape index (κ3) is 3.98. The molecule has 0 bridgehead atoms. The second kappa shape index (κ2) is 6.22. The van der Waals surface area contributed by atoms with E-state index in [0.717, 1.165) is 12.8 Å². The van der Waals surface area contributed by atoms with Gasteiger partial charge in [0.2, 0.25) is 0 Å². The summed E-state index contributed by atoms with van der Waals surface area (Å²) < 4.78 is 5.31. The molecule has 102 valence electrons. The van der Waals surface area contributed by atoms with Crippen LogP contribution in [-0.4, -0.2) is 29.6 Å². The van der Waals surface area contributed by atoms with Gasteiger partial charge in [0.1, 0.15) is 5.75 Å². The molecule has 0 aliphatic heterocycles. The topological polar surface area (TPSA) is 75.6 Å². The summed E-state index contributed by atoms with van der Waals surface area (Å²) in [5.74, 6) is -0.619. The molecule has 1 aromatic carbocycles. The Hall–Kier alpha value is -2.04. The number of benzene rings is 1. The number of amides is 1. The normalized spacial score (nSPS) is 15.2. The van der Waals surface area contributed by atoms with Crippen LogP contribution >= 0.6 is 0 Å². The third-order valence-corrected chi connectivity index (χ3v) is 3.19. The molecule has 5 heteroatoms. The number of carbonyl (C=O) groups excluding carboxylic acids is 1. The minimum Gasteiger partial charge on any atom is -0.484 e. The predicted octanol–water partition coefficient (Wildman–Crippen LogP) is 1.82. The lowest BCUT2D eigenvalue weighted by molar-refractivity contribution is -0.123. The van der Waals surface area contributed by atoms with Crippen LogP contribution in [0.4, 0.5) is 0 Å². The van der Waals surface area contributed by atoms with Crippen LogP contribution < -0.4 is 10.1 Å². The first kappa shape index (κ1) is 13.4. The van der Waals surface area contributed by atoms with Gasteiger partial charge in [-0.2, -0.15) is 0 Å². The van der Waals surface area contributed by atoms with Crippen molar-refractivity contribution in [2.75, 3.05) is 6.61 Å². The quantitative estimate of drug-likeness (QED) is 0.849. The molecule has 0 atom stereocenters. The van der Waals surface area contributed by atoms with Gasteiger partial charge in [-0.05, 0) is 37.1 Å². The first-order valence-corrected chi connectivity index (χ1v) is 6.40. The zero-order chi connectivity index (χ0) is 13.7. The van der Waals surface area contributed by atoms with Crippen molar-refractivity contribution in [3.8, 4) is 5.75 Å². The number of aromatic carboxylic acids is 1. The minimum atomic E-state index is -0.981. The molecule has 1 saturated carbocycles. The standard InChI is InChI=1S/C14H17NO4/c16-13(15-11-3-1-2-4-11)9-19-12-7-5-10(6-8-12)14(17)18/h5-8,11H,1-4,9H2,(H,15,16)(H,17,18). The SMILES string of the molecule is O=C(COc1ccc(C(=O)O)cc1)NC1CCCC1. The van der Waals surface area contributed by atoms with Gasteiger partial charge in [-0.25, -0.2) is 4.79 Å². The molecule has 1 aliphatic carbocycles. The monoisotopic (exact) mass is 263 g/mol. The van der Waals surface area contributed by atoms with Crippen molar-refractivity contribution >= 4 is 11.9 Å². The number of carboxylic acid groups (broad SMARTS) is 1. The molecular formula is C14H17NO4. The lowest BCUT2D eigenvalue weighted by Crippen LogP contribution is -2.36. The number of hydrogen-bond acceptors (Lipinski definition) is 3. The van der Waals surface area contributed by atoms with E-state index in [1.807, 2.05) is 0 Å². The fourth-order valence-corrected chi connectivity index (χ4v) is 2.18. The predicted molar refractivity (Wildman–Crippen MR) is 69.3 cm³/mol. The average molecular weight is 263 g/mol. The van der Waals surface area contributed by atoms with Crippen LogP contribution in [0.5, 0.6) is 5.75 Å². The van der Waals surface area contributed by atoms with Crippen molar-refractivity contribution in [1.82, 2.24) is 5.32 Å². The summed E-state index contributed by atoms with van der Waals surface area (Å²) in [7, 11) is 0. The van der Waals surface area contributed by atoms with Crippen molar-refractivity contribution < 1.29 is 19.4 Å². The summed E-state index contributed by atoms with van der Waals surface area (Å²) in [6, 6.07) is 6.28. The zero-order valence-electron chi connectivity index (χ0n) is 10.6. The lowest BCUT2D eigenvalue weighted by atomic mass is 10.2. The number of carbonyl (C=O) groups is 2. The van der Waals surface area contributed by atoms with Crippen LogP contribution in [0.25, 0.3) is 0 Å². The second-order valence-corrected chi connectivity index (χ2v) is 4.67. The van der Waals surface area contributed by atoms with E-state index < -0.39 is 5.97 Å². The Labute approximate surface area is 111 Å². The number of rotatable bonds is 5. The maximum atomic E-state index is 11.6. The molecule has 1 aromatic rings. The van der Waals surface area contributed by atoms with Gasteiger partial charge in [-0.15, -0.1) is 0 Å². The zero-order valence-corrected chi connectivity index (χ0v) is 10.6. The van der Waals surface area contributed by atoms with Crippen LogP contribution in [-0.2, 0) is 4.79 Å². The average Bonchev–Trinajstić information content (AvgIpc) is 2.89. The summed E-state index contributed by atoms with van der Waals surface area (Å²) in [6.07, 6.45) is 4.42. The summed E-state index contributed by atoms with van der Waals surface area (Å²) in [5, 5.41) is 11.7. The van der Waals surface area contributed by atoms with Gasteiger partial charge in [0.05, 0.1) is 5.56 Å². The third-order valence-electron chi connectivity index (χ3n) is 3.19. The van der Waals surface area contributed by atoms with E-state index in [2.05, 4.69) is 5.32 Å². The van der Waals surface area contributed by atoms with Gasteiger partial charge < -0.3 is 15.2 Å². The summed E-state index contributed by atoms with van der Waals surface area (Å²) in [4.78, 5) is 22.3. The highest BCUT2D eigenvalue weighted by molar-refractivity contribution is 5.87. The largest absolute Gasteiger partial charge is 0.484 e. The number of nitrogens with one attached hydrogen (secondary N) is 1. The van der Waals surface area contributed by atoms with E-state index in [-0.39, 0.29) is 24.1 Å². The first-order chi connectivity index (χ1) is 9.15. The van der Waals surface area contributed by atoms with Gasteiger partial charge in [0.15, 0.2) is 6.61 Å². The van der Waals surface area contributed by atoms with Gasteiger partial charge >= 0.3 is 5.97 Å². The Morgan fingerprint density at radius 2 is 1.84 bits per heavy atom. The molecule has 2 rings (SSSR count). The van der Waals surface area contributed by atoms with Crippen LogP contribution in [0.15, 0.2) is 24.3 Å². The maximum Gasteiger partial charge on any atom is 0.335 e. The Morgan fingerprint density at radius 3 is 2.42 bits per heavy atom. The Balaban J connectivity index is 1.77. The van der Waals surface area contributed by atoms with Crippen LogP contribution in [0.2, 0.25) is 0 Å². The highest BCUT2D eigenvalue weighted by atomic mass is 16.5. The molecule has 0 spiro atoms. The second-order valence-electron chi connectivity index (χ2n) is 4.67. The lowest BCUT2D eigenvalue weighted by Gasteiger charge is -2.12. The van der Waals surface area contributed by atoms with Crippen LogP contribution in [0, 0.1) is 0 Å². The fraction of sp³-hybridized carbons (Fsp3) is 0.429. The molecule has 1 aliphatic rings. The number of ether oxygens (including phenoxy) is 1. The van der Waals surface area contributed by atoms with Gasteiger partial charge in [-0.1, -0.05) is 12.8 Å². The van der Waals surface area contributed by atoms with Crippen molar-refractivity contribution in [1.29, 1.82) is 0 Å². The van der Waals surface area contributed by atoms with Crippen molar-refractivity contribution in [2.24, 2.45) is 0 Å². The maximum absolute atomic E-state index is 11.6. The van der Waals surface area contributed by atoms with Gasteiger partial charge in [0, 0.05) is 6.04 Å². The fourth-order valence-electron chi connectivity index (χ4n) is 2.18. The minimum absolute atomic E-state index is 0.0388. The molecule has 1 amide bonds. The van der Waals surface area contributed by atoms with E-state index in [0.29, 0.717) is 5.75 Å². The van der Waals surface area contributed by atoms with E-state index in [1.54, 1.807) is 12.1 Å².